The fourth-order valence-electron chi connectivity index (χ4n) is 2.52. The average Bonchev–Trinajstić information content (AvgIpc) is 2.97. The van der Waals surface area contributed by atoms with Crippen molar-refractivity contribution < 1.29 is 4.74 Å². The molecule has 5 nitrogen and oxygen atoms in total. The van der Waals surface area contributed by atoms with Crippen molar-refractivity contribution in [1.29, 1.82) is 0 Å². The maximum absolute atomic E-state index is 5.54. The zero-order valence-electron chi connectivity index (χ0n) is 13.8. The second-order valence-corrected chi connectivity index (χ2v) is 5.99. The Morgan fingerprint density at radius 1 is 1.08 bits per heavy atom. The Balaban J connectivity index is 1.69. The van der Waals surface area contributed by atoms with E-state index in [-0.39, 0.29) is 0 Å². The quantitative estimate of drug-likeness (QED) is 0.643. The maximum atomic E-state index is 5.54. The minimum absolute atomic E-state index is 0.630. The van der Waals surface area contributed by atoms with Gasteiger partial charge in [-0.1, -0.05) is 30.3 Å². The molecule has 0 bridgehead atoms. The topological polar surface area (TPSA) is 35.2 Å². The van der Waals surface area contributed by atoms with Gasteiger partial charge >= 0.3 is 0 Å². The number of ether oxygens (including phenoxy) is 1. The smallest absolute Gasteiger partial charge is 0.203 e. The summed E-state index contributed by atoms with van der Waals surface area (Å²) in [4.78, 5) is 2.17. The standard InChI is InChI=1S/C18H20N4OS/c1-20(12-15-8-10-17(23-2)11-9-15)14-22-18(24)21(13-19-22)16-6-4-3-5-7-16/h3-11,13H,12,14H2,1-2H3. The van der Waals surface area contributed by atoms with Gasteiger partial charge in [-0.05, 0) is 49.1 Å². The molecule has 0 aliphatic heterocycles. The van der Waals surface area contributed by atoms with Gasteiger partial charge in [-0.3, -0.25) is 9.47 Å². The molecule has 0 aliphatic rings. The number of hydrogen-bond acceptors (Lipinski definition) is 4. The first-order valence-electron chi connectivity index (χ1n) is 7.69. The SMILES string of the molecule is COc1ccc(CN(C)Cn2ncn(-c3ccccc3)c2=S)cc1. The Morgan fingerprint density at radius 3 is 2.46 bits per heavy atom. The number of nitrogens with zero attached hydrogens (tertiary/aromatic N) is 4. The van der Waals surface area contributed by atoms with Crippen molar-refractivity contribution in [2.45, 2.75) is 13.2 Å². The fourth-order valence-corrected chi connectivity index (χ4v) is 2.78. The molecule has 0 N–H and O–H groups in total. The van der Waals surface area contributed by atoms with Gasteiger partial charge in [-0.25, -0.2) is 4.68 Å². The lowest BCUT2D eigenvalue weighted by atomic mass is 10.2. The highest BCUT2D eigenvalue weighted by atomic mass is 32.1. The summed E-state index contributed by atoms with van der Waals surface area (Å²) in [6, 6.07) is 18.1. The third-order valence-corrected chi connectivity index (χ3v) is 4.16. The van der Waals surface area contributed by atoms with Crippen LogP contribution in [0.1, 0.15) is 5.56 Å². The van der Waals surface area contributed by atoms with Crippen LogP contribution in [-0.4, -0.2) is 33.4 Å². The van der Waals surface area contributed by atoms with E-state index in [4.69, 9.17) is 17.0 Å². The predicted molar refractivity (Wildman–Crippen MR) is 96.8 cm³/mol. The number of aromatic nitrogens is 3. The van der Waals surface area contributed by atoms with E-state index in [2.05, 4.69) is 22.1 Å². The number of benzene rings is 2. The van der Waals surface area contributed by atoms with E-state index in [0.29, 0.717) is 11.4 Å². The lowest BCUT2D eigenvalue weighted by Crippen LogP contribution is -2.22. The molecule has 3 aromatic rings. The Labute approximate surface area is 146 Å². The molecule has 6 heteroatoms. The van der Waals surface area contributed by atoms with Gasteiger partial charge in [-0.15, -0.1) is 0 Å². The Bertz CT molecular complexity index is 839. The van der Waals surface area contributed by atoms with Crippen molar-refractivity contribution in [2.75, 3.05) is 14.2 Å². The van der Waals surface area contributed by atoms with Crippen LogP contribution in [0.4, 0.5) is 0 Å². The summed E-state index contributed by atoms with van der Waals surface area (Å²) in [6.45, 7) is 1.44. The third-order valence-electron chi connectivity index (χ3n) is 3.75. The van der Waals surface area contributed by atoms with Crippen molar-refractivity contribution >= 4 is 12.2 Å². The molecule has 2 aromatic carbocycles. The number of para-hydroxylation sites is 1. The largest absolute Gasteiger partial charge is 0.497 e. The minimum atomic E-state index is 0.630. The highest BCUT2D eigenvalue weighted by Gasteiger charge is 2.07. The van der Waals surface area contributed by atoms with Crippen LogP contribution in [0.2, 0.25) is 0 Å². The molecule has 0 aliphatic carbocycles. The van der Waals surface area contributed by atoms with Gasteiger partial charge in [0.25, 0.3) is 0 Å². The summed E-state index contributed by atoms with van der Waals surface area (Å²) < 4.78 is 9.61. The zero-order chi connectivity index (χ0) is 16.9. The molecule has 0 saturated heterocycles. The molecule has 24 heavy (non-hydrogen) atoms. The highest BCUT2D eigenvalue weighted by molar-refractivity contribution is 7.71. The van der Waals surface area contributed by atoms with Crippen LogP contribution in [0.5, 0.6) is 5.75 Å². The number of hydrogen-bond donors (Lipinski definition) is 0. The van der Waals surface area contributed by atoms with Crippen LogP contribution < -0.4 is 4.74 Å². The Morgan fingerprint density at radius 2 is 1.79 bits per heavy atom. The summed E-state index contributed by atoms with van der Waals surface area (Å²) in [7, 11) is 3.72. The van der Waals surface area contributed by atoms with E-state index in [1.54, 1.807) is 13.4 Å². The second kappa shape index (κ2) is 7.42. The van der Waals surface area contributed by atoms with Crippen LogP contribution in [0.3, 0.4) is 0 Å². The van der Waals surface area contributed by atoms with Gasteiger partial charge in [0, 0.05) is 12.2 Å². The molecule has 0 spiro atoms. The number of rotatable bonds is 6. The van der Waals surface area contributed by atoms with Gasteiger partial charge in [0.05, 0.1) is 13.8 Å². The van der Waals surface area contributed by atoms with Gasteiger partial charge in [0.15, 0.2) is 0 Å². The minimum Gasteiger partial charge on any atom is -0.497 e. The van der Waals surface area contributed by atoms with Crippen molar-refractivity contribution in [3.8, 4) is 11.4 Å². The van der Waals surface area contributed by atoms with Gasteiger partial charge in [0.1, 0.15) is 12.1 Å². The van der Waals surface area contributed by atoms with E-state index in [9.17, 15) is 0 Å². The third kappa shape index (κ3) is 3.72. The van der Waals surface area contributed by atoms with E-state index < -0.39 is 0 Å². The van der Waals surface area contributed by atoms with E-state index in [0.717, 1.165) is 18.0 Å². The molecule has 1 aromatic heterocycles. The zero-order valence-corrected chi connectivity index (χ0v) is 14.6. The lowest BCUT2D eigenvalue weighted by Gasteiger charge is -2.16. The first kappa shape index (κ1) is 16.4. The molecule has 124 valence electrons. The second-order valence-electron chi connectivity index (χ2n) is 5.62. The first-order chi connectivity index (χ1) is 11.7. The maximum Gasteiger partial charge on any atom is 0.203 e. The fraction of sp³-hybridized carbons (Fsp3) is 0.222. The van der Waals surface area contributed by atoms with Crippen LogP contribution in [-0.2, 0) is 13.2 Å². The molecule has 0 saturated carbocycles. The van der Waals surface area contributed by atoms with Crippen molar-refractivity contribution in [3.05, 3.63) is 71.3 Å². The van der Waals surface area contributed by atoms with E-state index >= 15 is 0 Å². The molecule has 0 atom stereocenters. The summed E-state index contributed by atoms with van der Waals surface area (Å²) >= 11 is 5.54. The predicted octanol–water partition coefficient (Wildman–Crippen LogP) is 3.50. The molecule has 0 fully saturated rings. The van der Waals surface area contributed by atoms with Crippen molar-refractivity contribution in [3.63, 3.8) is 0 Å². The van der Waals surface area contributed by atoms with Crippen LogP contribution in [0.15, 0.2) is 60.9 Å². The average molecular weight is 340 g/mol. The van der Waals surface area contributed by atoms with Gasteiger partial charge in [0.2, 0.25) is 4.77 Å². The molecule has 0 unspecified atom stereocenters. The molecule has 0 radical (unpaired) electrons. The molecule has 3 rings (SSSR count). The monoisotopic (exact) mass is 340 g/mol. The number of methoxy groups -OCH3 is 1. The Hall–Kier alpha value is -2.44. The highest BCUT2D eigenvalue weighted by Crippen LogP contribution is 2.13. The normalized spacial score (nSPS) is 11.0. The molecular weight excluding hydrogens is 320 g/mol. The van der Waals surface area contributed by atoms with Crippen LogP contribution in [0, 0.1) is 4.77 Å². The van der Waals surface area contributed by atoms with Crippen LogP contribution >= 0.6 is 12.2 Å². The molecule has 0 amide bonds. The van der Waals surface area contributed by atoms with E-state index in [1.165, 1.54) is 5.56 Å². The van der Waals surface area contributed by atoms with Gasteiger partial charge < -0.3 is 4.74 Å². The van der Waals surface area contributed by atoms with Gasteiger partial charge in [-0.2, -0.15) is 5.10 Å². The van der Waals surface area contributed by atoms with Crippen molar-refractivity contribution in [1.82, 2.24) is 19.2 Å². The van der Waals surface area contributed by atoms with Crippen LogP contribution in [0.25, 0.3) is 5.69 Å². The Kier molecular flexibility index (Phi) is 5.08. The first-order valence-corrected chi connectivity index (χ1v) is 8.09. The molecular formula is C18H20N4OS. The summed E-state index contributed by atoms with van der Waals surface area (Å²) in [5.41, 5.74) is 2.24. The molecule has 1 heterocycles. The summed E-state index contributed by atoms with van der Waals surface area (Å²) in [6.07, 6.45) is 1.76. The lowest BCUT2D eigenvalue weighted by molar-refractivity contribution is 0.244. The summed E-state index contributed by atoms with van der Waals surface area (Å²) in [5.74, 6) is 0.866. The van der Waals surface area contributed by atoms with E-state index in [1.807, 2.05) is 58.8 Å². The van der Waals surface area contributed by atoms with Crippen molar-refractivity contribution in [2.24, 2.45) is 0 Å². The summed E-state index contributed by atoms with van der Waals surface area (Å²) in [5, 5.41) is 4.41.